The number of hydrogen-bond donors (Lipinski definition) is 1. The summed E-state index contributed by atoms with van der Waals surface area (Å²) in [6.07, 6.45) is 0. The number of halogens is 2. The molecule has 1 N–H and O–H groups in total. The Morgan fingerprint density at radius 2 is 2.00 bits per heavy atom. The maximum Gasteiger partial charge on any atom is 0.131 e. The third kappa shape index (κ3) is 1.96. The Labute approximate surface area is 96.0 Å². The van der Waals surface area contributed by atoms with Crippen molar-refractivity contribution >= 4 is 11.3 Å². The molecule has 2 nitrogen and oxygen atoms in total. The molecular weight excluding hydrogens is 230 g/mol. The molecule has 16 heavy (non-hydrogen) atoms. The van der Waals surface area contributed by atoms with E-state index in [4.69, 9.17) is 0 Å². The number of benzene rings is 1. The van der Waals surface area contributed by atoms with Gasteiger partial charge >= 0.3 is 0 Å². The van der Waals surface area contributed by atoms with Crippen LogP contribution in [-0.2, 0) is 0 Å². The zero-order valence-electron chi connectivity index (χ0n) is 8.58. The molecule has 1 aromatic carbocycles. The van der Waals surface area contributed by atoms with Crippen molar-refractivity contribution in [3.8, 4) is 0 Å². The molecule has 1 atom stereocenters. The predicted octanol–water partition coefficient (Wildman–Crippen LogP) is 2.73. The predicted molar refractivity (Wildman–Crippen MR) is 59.4 cm³/mol. The van der Waals surface area contributed by atoms with Gasteiger partial charge in [0.1, 0.15) is 11.6 Å². The maximum absolute atomic E-state index is 13.6. The molecule has 1 aromatic heterocycles. The molecule has 2 rings (SSSR count). The fourth-order valence-corrected chi connectivity index (χ4v) is 2.17. The van der Waals surface area contributed by atoms with Crippen LogP contribution in [-0.4, -0.2) is 12.0 Å². The van der Waals surface area contributed by atoms with E-state index in [9.17, 15) is 8.78 Å². The van der Waals surface area contributed by atoms with Gasteiger partial charge in [-0.05, 0) is 19.2 Å². The van der Waals surface area contributed by atoms with E-state index in [1.165, 1.54) is 29.5 Å². The van der Waals surface area contributed by atoms with E-state index in [2.05, 4.69) is 10.3 Å². The van der Waals surface area contributed by atoms with Crippen LogP contribution in [0.15, 0.2) is 29.1 Å². The lowest BCUT2D eigenvalue weighted by Gasteiger charge is -2.15. The average Bonchev–Trinajstić information content (AvgIpc) is 2.77. The first-order valence-corrected chi connectivity index (χ1v) is 5.67. The Balaban J connectivity index is 2.49. The first-order valence-electron chi connectivity index (χ1n) is 4.73. The molecule has 0 radical (unpaired) electrons. The van der Waals surface area contributed by atoms with Crippen molar-refractivity contribution in [3.63, 3.8) is 0 Å². The highest BCUT2D eigenvalue weighted by Gasteiger charge is 2.21. The van der Waals surface area contributed by atoms with Gasteiger partial charge < -0.3 is 5.32 Å². The van der Waals surface area contributed by atoms with Gasteiger partial charge in [0.15, 0.2) is 0 Å². The zero-order valence-corrected chi connectivity index (χ0v) is 9.39. The summed E-state index contributed by atoms with van der Waals surface area (Å²) in [6, 6.07) is 3.29. The van der Waals surface area contributed by atoms with Crippen LogP contribution in [0.2, 0.25) is 0 Å². The second kappa shape index (κ2) is 4.67. The number of aromatic nitrogens is 1. The lowest BCUT2D eigenvalue weighted by atomic mass is 10.0. The van der Waals surface area contributed by atoms with Crippen LogP contribution in [0.1, 0.15) is 17.3 Å². The standard InChI is InChI=1S/C11H10F2N2S/c1-14-11(9-5-16-6-15-9)10-7(12)3-2-4-8(10)13/h2-6,11,14H,1H3. The van der Waals surface area contributed by atoms with Gasteiger partial charge in [0.05, 0.1) is 17.2 Å². The molecule has 0 saturated carbocycles. The van der Waals surface area contributed by atoms with Gasteiger partial charge in [0, 0.05) is 10.9 Å². The Morgan fingerprint density at radius 3 is 2.50 bits per heavy atom. The van der Waals surface area contributed by atoms with Crippen molar-refractivity contribution in [2.24, 2.45) is 0 Å². The van der Waals surface area contributed by atoms with Gasteiger partial charge in [-0.3, -0.25) is 0 Å². The molecule has 0 aliphatic carbocycles. The second-order valence-corrected chi connectivity index (χ2v) is 3.99. The normalized spacial score (nSPS) is 12.7. The van der Waals surface area contributed by atoms with Crippen molar-refractivity contribution in [2.45, 2.75) is 6.04 Å². The Morgan fingerprint density at radius 1 is 1.31 bits per heavy atom. The van der Waals surface area contributed by atoms with Crippen molar-refractivity contribution < 1.29 is 8.78 Å². The summed E-state index contributed by atoms with van der Waals surface area (Å²) in [5.41, 5.74) is 2.27. The minimum Gasteiger partial charge on any atom is -0.308 e. The lowest BCUT2D eigenvalue weighted by molar-refractivity contribution is 0.518. The summed E-state index contributed by atoms with van der Waals surface area (Å²) in [5.74, 6) is -1.13. The van der Waals surface area contributed by atoms with Gasteiger partial charge in [-0.15, -0.1) is 11.3 Å². The highest BCUT2D eigenvalue weighted by Crippen LogP contribution is 2.26. The largest absolute Gasteiger partial charge is 0.308 e. The fraction of sp³-hybridized carbons (Fsp3) is 0.182. The third-order valence-electron chi connectivity index (χ3n) is 2.32. The molecule has 0 bridgehead atoms. The first-order chi connectivity index (χ1) is 7.74. The van der Waals surface area contributed by atoms with Crippen molar-refractivity contribution in [3.05, 3.63) is 52.0 Å². The number of nitrogens with zero attached hydrogens (tertiary/aromatic N) is 1. The van der Waals surface area contributed by atoms with E-state index in [-0.39, 0.29) is 5.56 Å². The van der Waals surface area contributed by atoms with Crippen molar-refractivity contribution in [2.75, 3.05) is 7.05 Å². The van der Waals surface area contributed by atoms with Gasteiger partial charge in [-0.25, -0.2) is 13.8 Å². The molecule has 84 valence electrons. The summed E-state index contributed by atoms with van der Waals surface area (Å²) in [5, 5.41) is 4.64. The van der Waals surface area contributed by atoms with Crippen molar-refractivity contribution in [1.82, 2.24) is 10.3 Å². The number of hydrogen-bond acceptors (Lipinski definition) is 3. The molecular formula is C11H10F2N2S. The summed E-state index contributed by atoms with van der Waals surface area (Å²) >= 11 is 1.39. The van der Waals surface area contributed by atoms with Crippen LogP contribution in [0.3, 0.4) is 0 Å². The molecule has 1 unspecified atom stereocenters. The van der Waals surface area contributed by atoms with E-state index in [0.29, 0.717) is 5.69 Å². The molecule has 2 aromatic rings. The number of nitrogens with one attached hydrogen (secondary N) is 1. The van der Waals surface area contributed by atoms with E-state index in [1.54, 1.807) is 17.9 Å². The number of rotatable bonds is 3. The maximum atomic E-state index is 13.6. The van der Waals surface area contributed by atoms with Gasteiger partial charge in [0.25, 0.3) is 0 Å². The number of thiazole rings is 1. The van der Waals surface area contributed by atoms with Crippen LogP contribution >= 0.6 is 11.3 Å². The smallest absolute Gasteiger partial charge is 0.131 e. The average molecular weight is 240 g/mol. The molecule has 1 heterocycles. The van der Waals surface area contributed by atoms with Crippen LogP contribution in [0.25, 0.3) is 0 Å². The topological polar surface area (TPSA) is 24.9 Å². The monoisotopic (exact) mass is 240 g/mol. The fourth-order valence-electron chi connectivity index (χ4n) is 1.59. The van der Waals surface area contributed by atoms with Crippen LogP contribution in [0, 0.1) is 11.6 Å². The highest BCUT2D eigenvalue weighted by molar-refractivity contribution is 7.07. The SMILES string of the molecule is CNC(c1cscn1)c1c(F)cccc1F. The molecule has 0 amide bonds. The highest BCUT2D eigenvalue weighted by atomic mass is 32.1. The molecule has 0 saturated heterocycles. The van der Waals surface area contributed by atoms with Gasteiger partial charge in [-0.2, -0.15) is 0 Å². The molecule has 0 aliphatic heterocycles. The lowest BCUT2D eigenvalue weighted by Crippen LogP contribution is -2.20. The van der Waals surface area contributed by atoms with E-state index in [0.717, 1.165) is 0 Å². The summed E-state index contributed by atoms with van der Waals surface area (Å²) in [7, 11) is 1.65. The molecule has 0 fully saturated rings. The summed E-state index contributed by atoms with van der Waals surface area (Å²) in [6.45, 7) is 0. The van der Waals surface area contributed by atoms with E-state index < -0.39 is 17.7 Å². The Bertz CT molecular complexity index is 451. The van der Waals surface area contributed by atoms with Gasteiger partial charge in [0.2, 0.25) is 0 Å². The van der Waals surface area contributed by atoms with Crippen LogP contribution < -0.4 is 5.32 Å². The quantitative estimate of drug-likeness (QED) is 0.892. The summed E-state index contributed by atoms with van der Waals surface area (Å²) in [4.78, 5) is 4.07. The van der Waals surface area contributed by atoms with Crippen LogP contribution in [0.4, 0.5) is 8.78 Å². The molecule has 0 aliphatic rings. The van der Waals surface area contributed by atoms with E-state index in [1.807, 2.05) is 0 Å². The minimum absolute atomic E-state index is 0.0101. The second-order valence-electron chi connectivity index (χ2n) is 3.27. The van der Waals surface area contributed by atoms with E-state index >= 15 is 0 Å². The Hall–Kier alpha value is -1.33. The third-order valence-corrected chi connectivity index (χ3v) is 2.93. The van der Waals surface area contributed by atoms with Crippen LogP contribution in [0.5, 0.6) is 0 Å². The first kappa shape index (κ1) is 11.2. The van der Waals surface area contributed by atoms with Crippen molar-refractivity contribution in [1.29, 1.82) is 0 Å². The summed E-state index contributed by atoms with van der Waals surface area (Å²) < 4.78 is 27.2. The minimum atomic E-state index is -0.563. The molecule has 0 spiro atoms. The Kier molecular flexibility index (Phi) is 3.26. The molecule has 5 heteroatoms. The zero-order chi connectivity index (χ0) is 11.5. The van der Waals surface area contributed by atoms with Gasteiger partial charge in [-0.1, -0.05) is 6.07 Å².